The minimum Gasteiger partial charge on any atom is -0.353 e. The van der Waals surface area contributed by atoms with E-state index in [0.717, 1.165) is 12.0 Å². The number of nitrogens with one attached hydrogen (secondary N) is 1. The highest BCUT2D eigenvalue weighted by Gasteiger charge is 2.31. The zero-order valence-electron chi connectivity index (χ0n) is 13.9. The Balaban J connectivity index is 1.89. The van der Waals surface area contributed by atoms with Gasteiger partial charge in [-0.25, -0.2) is 12.7 Å². The molecule has 0 spiro atoms. The smallest absolute Gasteiger partial charge is 0.223 e. The van der Waals surface area contributed by atoms with Crippen LogP contribution >= 0.6 is 0 Å². The summed E-state index contributed by atoms with van der Waals surface area (Å²) in [5.41, 5.74) is 0.795. The van der Waals surface area contributed by atoms with Gasteiger partial charge in [0.15, 0.2) is 0 Å². The summed E-state index contributed by atoms with van der Waals surface area (Å²) < 4.78 is 26.5. The van der Waals surface area contributed by atoms with Crippen LogP contribution in [-0.4, -0.2) is 37.8 Å². The molecule has 1 atom stereocenters. The van der Waals surface area contributed by atoms with Gasteiger partial charge in [0.05, 0.1) is 5.75 Å². The van der Waals surface area contributed by atoms with E-state index < -0.39 is 10.0 Å². The van der Waals surface area contributed by atoms with E-state index >= 15 is 0 Å². The maximum absolute atomic E-state index is 12.5. The van der Waals surface area contributed by atoms with E-state index in [0.29, 0.717) is 25.9 Å². The summed E-state index contributed by atoms with van der Waals surface area (Å²) in [5, 5.41) is 2.99. The third-order valence-corrected chi connectivity index (χ3v) is 6.26. The maximum atomic E-state index is 12.5. The van der Waals surface area contributed by atoms with E-state index in [4.69, 9.17) is 0 Å². The SMILES string of the molecule is CCC(C)NC(=O)C1CCN(S(=O)(=O)Cc2ccccc2)CC1. The van der Waals surface area contributed by atoms with Gasteiger partial charge in [0.25, 0.3) is 0 Å². The predicted molar refractivity (Wildman–Crippen MR) is 91.3 cm³/mol. The summed E-state index contributed by atoms with van der Waals surface area (Å²) in [5.74, 6) is 0.00373. The molecule has 1 aliphatic heterocycles. The van der Waals surface area contributed by atoms with Crippen LogP contribution in [0, 0.1) is 5.92 Å². The molecule has 1 aromatic carbocycles. The number of carbonyl (C=O) groups is 1. The zero-order valence-corrected chi connectivity index (χ0v) is 14.7. The third-order valence-electron chi connectivity index (χ3n) is 4.41. The van der Waals surface area contributed by atoms with Gasteiger partial charge in [-0.05, 0) is 31.7 Å². The fraction of sp³-hybridized carbons (Fsp3) is 0.588. The van der Waals surface area contributed by atoms with Crippen LogP contribution in [0.15, 0.2) is 30.3 Å². The molecule has 0 aliphatic carbocycles. The molecule has 23 heavy (non-hydrogen) atoms. The van der Waals surface area contributed by atoms with Gasteiger partial charge in [0.1, 0.15) is 0 Å². The second-order valence-electron chi connectivity index (χ2n) is 6.23. The van der Waals surface area contributed by atoms with Gasteiger partial charge in [-0.2, -0.15) is 0 Å². The normalized spacial score (nSPS) is 18.5. The molecule has 0 saturated carbocycles. The van der Waals surface area contributed by atoms with Gasteiger partial charge in [-0.1, -0.05) is 37.3 Å². The van der Waals surface area contributed by atoms with Gasteiger partial charge in [0, 0.05) is 25.0 Å². The average Bonchev–Trinajstić information content (AvgIpc) is 2.55. The molecule has 1 unspecified atom stereocenters. The van der Waals surface area contributed by atoms with Crippen LogP contribution < -0.4 is 5.32 Å². The van der Waals surface area contributed by atoms with Gasteiger partial charge >= 0.3 is 0 Å². The molecule has 1 saturated heterocycles. The summed E-state index contributed by atoms with van der Waals surface area (Å²) in [6.07, 6.45) is 2.09. The minimum atomic E-state index is -3.31. The Labute approximate surface area is 139 Å². The number of nitrogens with zero attached hydrogens (tertiary/aromatic N) is 1. The van der Waals surface area contributed by atoms with E-state index in [1.165, 1.54) is 4.31 Å². The monoisotopic (exact) mass is 338 g/mol. The molecular formula is C17H26N2O3S. The maximum Gasteiger partial charge on any atom is 0.223 e. The van der Waals surface area contributed by atoms with Crippen molar-refractivity contribution in [1.29, 1.82) is 0 Å². The number of sulfonamides is 1. The average molecular weight is 338 g/mol. The molecular weight excluding hydrogens is 312 g/mol. The molecule has 2 rings (SSSR count). The first kappa shape index (κ1) is 17.9. The second kappa shape index (κ2) is 7.93. The summed E-state index contributed by atoms with van der Waals surface area (Å²) in [4.78, 5) is 12.1. The van der Waals surface area contributed by atoms with Crippen molar-refractivity contribution in [2.24, 2.45) is 5.92 Å². The quantitative estimate of drug-likeness (QED) is 0.864. The van der Waals surface area contributed by atoms with Crippen molar-refractivity contribution in [3.63, 3.8) is 0 Å². The van der Waals surface area contributed by atoms with Gasteiger partial charge < -0.3 is 5.32 Å². The topological polar surface area (TPSA) is 66.5 Å². The Kier molecular flexibility index (Phi) is 6.18. The van der Waals surface area contributed by atoms with Crippen molar-refractivity contribution in [2.75, 3.05) is 13.1 Å². The first-order valence-electron chi connectivity index (χ1n) is 8.24. The molecule has 1 fully saturated rings. The van der Waals surface area contributed by atoms with Crippen LogP contribution in [0.1, 0.15) is 38.7 Å². The lowest BCUT2D eigenvalue weighted by atomic mass is 9.97. The molecule has 128 valence electrons. The number of benzene rings is 1. The minimum absolute atomic E-state index is 0.0254. The van der Waals surface area contributed by atoms with E-state index in [2.05, 4.69) is 5.32 Å². The summed E-state index contributed by atoms with van der Waals surface area (Å²) in [7, 11) is -3.31. The zero-order chi connectivity index (χ0) is 16.9. The van der Waals surface area contributed by atoms with E-state index in [9.17, 15) is 13.2 Å². The molecule has 0 bridgehead atoms. The standard InChI is InChI=1S/C17H26N2O3S/c1-3-14(2)18-17(20)16-9-11-19(12-10-16)23(21,22)13-15-7-5-4-6-8-15/h4-8,14,16H,3,9-13H2,1-2H3,(H,18,20). The van der Waals surface area contributed by atoms with Crippen molar-refractivity contribution in [3.05, 3.63) is 35.9 Å². The van der Waals surface area contributed by atoms with E-state index in [1.807, 2.05) is 44.2 Å². The van der Waals surface area contributed by atoms with Crippen molar-refractivity contribution in [2.45, 2.75) is 44.9 Å². The third kappa shape index (κ3) is 5.04. The first-order chi connectivity index (χ1) is 10.9. The Morgan fingerprint density at radius 2 is 1.87 bits per heavy atom. The number of piperidine rings is 1. The lowest BCUT2D eigenvalue weighted by Crippen LogP contribution is -2.44. The number of carbonyl (C=O) groups excluding carboxylic acids is 1. The molecule has 1 heterocycles. The molecule has 0 radical (unpaired) electrons. The van der Waals surface area contributed by atoms with Crippen LogP contribution in [0.2, 0.25) is 0 Å². The van der Waals surface area contributed by atoms with Crippen LogP contribution in [-0.2, 0) is 20.6 Å². The first-order valence-corrected chi connectivity index (χ1v) is 9.85. The fourth-order valence-corrected chi connectivity index (χ4v) is 4.30. The number of amides is 1. The number of rotatable bonds is 6. The molecule has 1 aromatic rings. The molecule has 1 amide bonds. The lowest BCUT2D eigenvalue weighted by molar-refractivity contribution is -0.126. The number of hydrogen-bond donors (Lipinski definition) is 1. The molecule has 1 aliphatic rings. The largest absolute Gasteiger partial charge is 0.353 e. The van der Waals surface area contributed by atoms with Crippen molar-refractivity contribution in [1.82, 2.24) is 9.62 Å². The van der Waals surface area contributed by atoms with Crippen LogP contribution in [0.3, 0.4) is 0 Å². The van der Waals surface area contributed by atoms with Crippen LogP contribution in [0.4, 0.5) is 0 Å². The van der Waals surface area contributed by atoms with Crippen LogP contribution in [0.5, 0.6) is 0 Å². The molecule has 5 nitrogen and oxygen atoms in total. The Hall–Kier alpha value is -1.40. The fourth-order valence-electron chi connectivity index (χ4n) is 2.74. The second-order valence-corrected chi connectivity index (χ2v) is 8.20. The Bertz CT molecular complexity index is 608. The van der Waals surface area contributed by atoms with Crippen LogP contribution in [0.25, 0.3) is 0 Å². The Morgan fingerprint density at radius 1 is 1.26 bits per heavy atom. The van der Waals surface area contributed by atoms with Gasteiger partial charge in [0.2, 0.25) is 15.9 Å². The van der Waals surface area contributed by atoms with Gasteiger partial charge in [-0.15, -0.1) is 0 Å². The van der Waals surface area contributed by atoms with Crippen molar-refractivity contribution >= 4 is 15.9 Å². The van der Waals surface area contributed by atoms with Crippen molar-refractivity contribution in [3.8, 4) is 0 Å². The highest BCUT2D eigenvalue weighted by atomic mass is 32.2. The molecule has 1 N–H and O–H groups in total. The number of hydrogen-bond acceptors (Lipinski definition) is 3. The van der Waals surface area contributed by atoms with Crippen molar-refractivity contribution < 1.29 is 13.2 Å². The highest BCUT2D eigenvalue weighted by Crippen LogP contribution is 2.22. The molecule has 6 heteroatoms. The summed E-state index contributed by atoms with van der Waals surface area (Å²) in [6, 6.07) is 9.38. The van der Waals surface area contributed by atoms with E-state index in [-0.39, 0.29) is 23.6 Å². The van der Waals surface area contributed by atoms with Gasteiger partial charge in [-0.3, -0.25) is 4.79 Å². The predicted octanol–water partition coefficient (Wildman–Crippen LogP) is 2.14. The summed E-state index contributed by atoms with van der Waals surface area (Å²) >= 11 is 0. The highest BCUT2D eigenvalue weighted by molar-refractivity contribution is 7.88. The summed E-state index contributed by atoms with van der Waals surface area (Å²) in [6.45, 7) is 4.86. The van der Waals surface area contributed by atoms with E-state index in [1.54, 1.807) is 0 Å². The molecule has 0 aromatic heterocycles. The lowest BCUT2D eigenvalue weighted by Gasteiger charge is -2.31. The Morgan fingerprint density at radius 3 is 2.43 bits per heavy atom.